The summed E-state index contributed by atoms with van der Waals surface area (Å²) in [5.74, 6) is -27.0. The normalized spacial score (nSPS) is 25.2. The molecule has 92 heavy (non-hydrogen) atoms. The SMILES string of the molecule is CC(C)CC/C=C\C=C\C(=O)N[C@H](C(=O)N[C@@H]1C(=O)N[C@H](C(C)C)C(=O)N[C@@H](CCCCN)C(=O)N[C@@H](C(O)C(=O)O)C(=O)N[C@@H](CC(=O)NCC(=O)O)C(=O)NCC(=O)N[C@H](C(C)C(=O)O)C(=O)N[C@@H](C(C)C)C(=O)N2C[C@H](C)C[C@H]2C(=O)NC1C)C(C)C(=O)O. The Morgan fingerprint density at radius 3 is 1.80 bits per heavy atom. The van der Waals surface area contributed by atoms with Crippen molar-refractivity contribution in [3.05, 3.63) is 24.3 Å². The van der Waals surface area contributed by atoms with Crippen LogP contribution in [-0.2, 0) is 76.7 Å². The van der Waals surface area contributed by atoms with Gasteiger partial charge < -0.3 is 94.7 Å². The number of amides is 12. The van der Waals surface area contributed by atoms with E-state index in [2.05, 4.69) is 37.2 Å². The third kappa shape index (κ3) is 25.3. The van der Waals surface area contributed by atoms with E-state index in [4.69, 9.17) is 10.8 Å². The van der Waals surface area contributed by atoms with Crippen LogP contribution in [0.1, 0.15) is 114 Å². The summed E-state index contributed by atoms with van der Waals surface area (Å²) in [6, 6.07) is -18.8. The number of carbonyl (C=O) groups excluding carboxylic acids is 12. The number of allylic oxidation sites excluding steroid dienone is 3. The molecule has 18 N–H and O–H groups in total. The lowest BCUT2D eigenvalue weighted by molar-refractivity contribution is -0.152. The molecule has 2 aliphatic rings. The third-order valence-electron chi connectivity index (χ3n) is 15.0. The molecule has 0 saturated carbocycles. The standard InChI is InChI=1S/C58H91N13O21/c1-26(2)17-13-11-12-14-19-36(72)65-42(30(8)56(87)88)52(83)69-44-32(10)62-49(80)35-21-29(7)25-71(35)55(86)41(28(5)6)68-51(82)43(31(9)57(89)90)66-38(74)23-61-47(78)34(22-37(73)60-24-39(75)76)64-54(85)45(46(77)58(91)92)70-48(79)33(18-15-16-20-59)63-50(81)40(27(3)4)67-53(44)84/h11-12,14,19,26-35,40-46,77H,13,15-18,20-25,59H2,1-10H3,(H,60,73)(H,61,78)(H,62,80)(H,63,81)(H,64,85)(H,65,72)(H,66,74)(H,67,84)(H,68,82)(H,69,83)(H,70,79)(H,75,76)(H,87,88)(H,89,90)(H,91,92)/b12-11-,19-14+/t29-,30?,31?,32?,33+,34+,35+,40-,41+,42+,43-,44+,45+,46?/m1/s1. The first kappa shape index (κ1) is 79.0. The Hall–Kier alpha value is -9.08. The number of hydrogen-bond acceptors (Lipinski definition) is 18. The summed E-state index contributed by atoms with van der Waals surface area (Å²) in [6.07, 6.45) is 3.05. The Kier molecular flexibility index (Phi) is 32.6. The highest BCUT2D eigenvalue weighted by molar-refractivity contribution is 6.02. The van der Waals surface area contributed by atoms with Crippen molar-refractivity contribution in [3.63, 3.8) is 0 Å². The van der Waals surface area contributed by atoms with Crippen LogP contribution in [0.25, 0.3) is 0 Å². The Balaban J connectivity index is 3.01. The van der Waals surface area contributed by atoms with Gasteiger partial charge in [-0.3, -0.25) is 71.9 Å². The van der Waals surface area contributed by atoms with Gasteiger partial charge in [0.05, 0.1) is 30.8 Å². The van der Waals surface area contributed by atoms with Gasteiger partial charge in [-0.15, -0.1) is 0 Å². The van der Waals surface area contributed by atoms with Gasteiger partial charge in [-0.25, -0.2) is 4.79 Å². The number of nitrogens with two attached hydrogens (primary N) is 1. The highest BCUT2D eigenvalue weighted by atomic mass is 16.4. The van der Waals surface area contributed by atoms with Crippen LogP contribution >= 0.6 is 0 Å². The van der Waals surface area contributed by atoms with E-state index in [1.165, 1.54) is 40.7 Å². The average molecular weight is 1310 g/mol. The summed E-state index contributed by atoms with van der Waals surface area (Å²) < 4.78 is 0. The molecule has 0 aromatic heterocycles. The summed E-state index contributed by atoms with van der Waals surface area (Å²) in [5, 5.41) is 74.9. The predicted molar refractivity (Wildman–Crippen MR) is 323 cm³/mol. The van der Waals surface area contributed by atoms with Crippen LogP contribution in [0.3, 0.4) is 0 Å². The monoisotopic (exact) mass is 1310 g/mol. The number of carboxylic acids is 4. The maximum atomic E-state index is 14.9. The summed E-state index contributed by atoms with van der Waals surface area (Å²) in [4.78, 5) is 219. The molecule has 14 atom stereocenters. The van der Waals surface area contributed by atoms with E-state index in [-0.39, 0.29) is 38.8 Å². The van der Waals surface area contributed by atoms with E-state index in [0.717, 1.165) is 31.2 Å². The van der Waals surface area contributed by atoms with E-state index < -0.39 is 210 Å². The van der Waals surface area contributed by atoms with Crippen LogP contribution in [0.2, 0.25) is 0 Å². The van der Waals surface area contributed by atoms with E-state index in [1.54, 1.807) is 19.1 Å². The van der Waals surface area contributed by atoms with Crippen LogP contribution < -0.4 is 64.2 Å². The first-order chi connectivity index (χ1) is 42.9. The number of fused-ring (bicyclic) bond motifs is 1. The molecule has 2 rings (SSSR count). The number of aliphatic hydroxyl groups is 1. The van der Waals surface area contributed by atoms with Crippen molar-refractivity contribution in [2.45, 2.75) is 181 Å². The molecular formula is C58H91N13O21. The summed E-state index contributed by atoms with van der Waals surface area (Å²) in [7, 11) is 0. The second-order valence-electron chi connectivity index (χ2n) is 23.9. The minimum atomic E-state index is -2.87. The van der Waals surface area contributed by atoms with Crippen LogP contribution in [0.15, 0.2) is 24.3 Å². The molecule has 0 aliphatic carbocycles. The molecule has 514 valence electrons. The van der Waals surface area contributed by atoms with E-state index in [1.807, 2.05) is 35.1 Å². The minimum absolute atomic E-state index is 0.0368. The van der Waals surface area contributed by atoms with Crippen molar-refractivity contribution in [1.82, 2.24) is 63.4 Å². The lowest BCUT2D eigenvalue weighted by Crippen LogP contribution is -2.65. The molecule has 34 heteroatoms. The van der Waals surface area contributed by atoms with Crippen LogP contribution in [0.4, 0.5) is 0 Å². The molecule has 12 amide bonds. The number of unbranched alkanes of at least 4 members (excludes halogenated alkanes) is 1. The van der Waals surface area contributed by atoms with Gasteiger partial charge in [0.25, 0.3) is 0 Å². The van der Waals surface area contributed by atoms with E-state index in [0.29, 0.717) is 12.3 Å². The maximum absolute atomic E-state index is 14.9. The fourth-order valence-electron chi connectivity index (χ4n) is 9.51. The zero-order valence-corrected chi connectivity index (χ0v) is 53.2. The van der Waals surface area contributed by atoms with Crippen molar-refractivity contribution < 1.29 is 102 Å². The lowest BCUT2D eigenvalue weighted by Gasteiger charge is -2.34. The number of nitrogens with one attached hydrogen (secondary N) is 11. The van der Waals surface area contributed by atoms with Gasteiger partial charge in [0, 0.05) is 12.6 Å². The largest absolute Gasteiger partial charge is 0.481 e. The maximum Gasteiger partial charge on any atom is 0.335 e. The van der Waals surface area contributed by atoms with Gasteiger partial charge in [-0.1, -0.05) is 66.7 Å². The Bertz CT molecular complexity index is 2770. The number of nitrogens with zero attached hydrogens (tertiary/aromatic N) is 1. The van der Waals surface area contributed by atoms with Gasteiger partial charge in [-0.2, -0.15) is 0 Å². The fraction of sp³-hybridized carbons (Fsp3) is 0.655. The quantitative estimate of drug-likeness (QED) is 0.0245. The summed E-state index contributed by atoms with van der Waals surface area (Å²) in [5.41, 5.74) is 5.71. The van der Waals surface area contributed by atoms with Crippen molar-refractivity contribution in [2.75, 3.05) is 26.2 Å². The topological polar surface area (TPSA) is 536 Å². The smallest absolute Gasteiger partial charge is 0.335 e. The number of aliphatic carboxylic acids is 4. The first-order valence-electron chi connectivity index (χ1n) is 30.1. The molecule has 2 fully saturated rings. The van der Waals surface area contributed by atoms with Gasteiger partial charge in [0.2, 0.25) is 70.9 Å². The van der Waals surface area contributed by atoms with Gasteiger partial charge in [-0.05, 0) is 89.5 Å². The summed E-state index contributed by atoms with van der Waals surface area (Å²) in [6.45, 7) is 12.6. The van der Waals surface area contributed by atoms with Crippen molar-refractivity contribution in [1.29, 1.82) is 0 Å². The van der Waals surface area contributed by atoms with E-state index >= 15 is 0 Å². The molecule has 4 unspecified atom stereocenters. The first-order valence-corrected chi connectivity index (χ1v) is 30.1. The van der Waals surface area contributed by atoms with Gasteiger partial charge in [0.15, 0.2) is 6.10 Å². The second kappa shape index (κ2) is 37.9. The lowest BCUT2D eigenvalue weighted by atomic mass is 9.97. The van der Waals surface area contributed by atoms with Crippen molar-refractivity contribution in [2.24, 2.45) is 41.2 Å². The van der Waals surface area contributed by atoms with Crippen molar-refractivity contribution in [3.8, 4) is 0 Å². The zero-order chi connectivity index (χ0) is 70.0. The van der Waals surface area contributed by atoms with Crippen LogP contribution in [0.5, 0.6) is 0 Å². The van der Waals surface area contributed by atoms with E-state index in [9.17, 15) is 97.1 Å². The highest BCUT2D eigenvalue weighted by Crippen LogP contribution is 2.26. The molecule has 0 aromatic rings. The molecule has 2 saturated heterocycles. The van der Waals surface area contributed by atoms with Crippen LogP contribution in [-0.4, -0.2) is 218 Å². The molecule has 0 radical (unpaired) electrons. The molecule has 2 aliphatic heterocycles. The predicted octanol–water partition coefficient (Wildman–Crippen LogP) is -4.80. The Labute approximate surface area is 531 Å². The van der Waals surface area contributed by atoms with Crippen LogP contribution in [0, 0.1) is 35.5 Å². The molecule has 0 spiro atoms. The molecule has 0 bridgehead atoms. The van der Waals surface area contributed by atoms with Crippen molar-refractivity contribution >= 4 is 94.8 Å². The van der Waals surface area contributed by atoms with Gasteiger partial charge in [0.1, 0.15) is 60.9 Å². The second-order valence-corrected chi connectivity index (χ2v) is 23.9. The number of carbonyl (C=O) groups is 16. The molecule has 0 aromatic carbocycles. The number of carboxylic acid groups (broad SMARTS) is 4. The zero-order valence-electron chi connectivity index (χ0n) is 53.2. The summed E-state index contributed by atoms with van der Waals surface area (Å²) >= 11 is 0. The Morgan fingerprint density at radius 1 is 0.652 bits per heavy atom. The number of aliphatic hydroxyl groups excluding tert-OH is 1. The Morgan fingerprint density at radius 2 is 1.24 bits per heavy atom. The minimum Gasteiger partial charge on any atom is -0.481 e. The average Bonchev–Trinajstić information content (AvgIpc) is 1.60. The molecule has 2 heterocycles. The number of hydrogen-bond donors (Lipinski definition) is 17. The molecule has 34 nitrogen and oxygen atoms in total. The number of rotatable bonds is 24. The third-order valence-corrected chi connectivity index (χ3v) is 15.0. The van der Waals surface area contributed by atoms with Gasteiger partial charge >= 0.3 is 23.9 Å². The highest BCUT2D eigenvalue weighted by Gasteiger charge is 2.46. The fourth-order valence-corrected chi connectivity index (χ4v) is 9.51. The molecular weight excluding hydrogens is 1210 g/mol.